The summed E-state index contributed by atoms with van der Waals surface area (Å²) in [6, 6.07) is 6.36. The summed E-state index contributed by atoms with van der Waals surface area (Å²) < 4.78 is 13.0. The minimum atomic E-state index is -0.267. The zero-order valence-corrected chi connectivity index (χ0v) is 11.7. The molecule has 0 bridgehead atoms. The van der Waals surface area contributed by atoms with Crippen molar-refractivity contribution >= 4 is 21.8 Å². The highest BCUT2D eigenvalue weighted by Gasteiger charge is 2.19. The Morgan fingerprint density at radius 3 is 2.71 bits per heavy atom. The molecule has 1 aromatic carbocycles. The van der Waals surface area contributed by atoms with Crippen molar-refractivity contribution in [3.63, 3.8) is 0 Å². The maximum Gasteiger partial charge on any atom is 0.236 e. The van der Waals surface area contributed by atoms with E-state index in [0.29, 0.717) is 13.1 Å². The number of hydrogen-bond donors (Lipinski definition) is 0. The Labute approximate surface area is 110 Å². The first-order valence-corrected chi connectivity index (χ1v) is 6.67. The van der Waals surface area contributed by atoms with Crippen LogP contribution < -0.4 is 0 Å². The first kappa shape index (κ1) is 14.2. The standard InChI is InChI=1S/C13H17BrFNO/c1-3-12(14)13(17)16(4-2)9-10-6-5-7-11(15)8-10/h5-8,12H,3-4,9H2,1-2H3. The van der Waals surface area contributed by atoms with Gasteiger partial charge in [0.2, 0.25) is 5.91 Å². The highest BCUT2D eigenvalue weighted by molar-refractivity contribution is 9.10. The third-order valence-corrected chi connectivity index (χ3v) is 3.62. The molecular formula is C13H17BrFNO. The molecule has 4 heteroatoms. The van der Waals surface area contributed by atoms with Crippen molar-refractivity contribution in [2.24, 2.45) is 0 Å². The summed E-state index contributed by atoms with van der Waals surface area (Å²) in [6.45, 7) is 4.95. The highest BCUT2D eigenvalue weighted by Crippen LogP contribution is 2.13. The quantitative estimate of drug-likeness (QED) is 0.764. The highest BCUT2D eigenvalue weighted by atomic mass is 79.9. The van der Waals surface area contributed by atoms with Gasteiger partial charge >= 0.3 is 0 Å². The predicted octanol–water partition coefficient (Wildman–Crippen LogP) is 3.35. The second-order valence-electron chi connectivity index (χ2n) is 3.86. The molecule has 1 rings (SSSR count). The molecule has 1 unspecified atom stereocenters. The van der Waals surface area contributed by atoms with Crippen LogP contribution in [0.5, 0.6) is 0 Å². The molecule has 2 nitrogen and oxygen atoms in total. The molecule has 0 aliphatic heterocycles. The summed E-state index contributed by atoms with van der Waals surface area (Å²) in [5, 5.41) is 0. The number of rotatable bonds is 5. The summed E-state index contributed by atoms with van der Waals surface area (Å²) in [5.41, 5.74) is 0.816. The number of carbonyl (C=O) groups is 1. The fourth-order valence-corrected chi connectivity index (χ4v) is 1.86. The number of amides is 1. The molecule has 94 valence electrons. The minimum Gasteiger partial charge on any atom is -0.338 e. The van der Waals surface area contributed by atoms with Crippen LogP contribution in [0, 0.1) is 5.82 Å². The van der Waals surface area contributed by atoms with E-state index in [1.54, 1.807) is 11.0 Å². The number of carbonyl (C=O) groups excluding carboxylic acids is 1. The van der Waals surface area contributed by atoms with Crippen LogP contribution in [0.2, 0.25) is 0 Å². The largest absolute Gasteiger partial charge is 0.338 e. The zero-order valence-electron chi connectivity index (χ0n) is 10.1. The summed E-state index contributed by atoms with van der Waals surface area (Å²) in [5.74, 6) is -0.212. The van der Waals surface area contributed by atoms with Gasteiger partial charge in [0.1, 0.15) is 5.82 Å². The van der Waals surface area contributed by atoms with Crippen molar-refractivity contribution in [2.45, 2.75) is 31.6 Å². The van der Waals surface area contributed by atoms with E-state index in [4.69, 9.17) is 0 Å². The van der Waals surface area contributed by atoms with E-state index in [1.807, 2.05) is 19.9 Å². The molecule has 0 N–H and O–H groups in total. The summed E-state index contributed by atoms with van der Waals surface area (Å²) in [6.07, 6.45) is 0.748. The van der Waals surface area contributed by atoms with Crippen LogP contribution in [-0.2, 0) is 11.3 Å². The van der Waals surface area contributed by atoms with Gasteiger partial charge < -0.3 is 4.90 Å². The van der Waals surface area contributed by atoms with Gasteiger partial charge in [-0.25, -0.2) is 4.39 Å². The van der Waals surface area contributed by atoms with Gasteiger partial charge in [0.25, 0.3) is 0 Å². The zero-order chi connectivity index (χ0) is 12.8. The molecular weight excluding hydrogens is 285 g/mol. The minimum absolute atomic E-state index is 0.0549. The molecule has 0 saturated heterocycles. The van der Waals surface area contributed by atoms with Crippen molar-refractivity contribution in [1.82, 2.24) is 4.90 Å². The fraction of sp³-hybridized carbons (Fsp3) is 0.462. The van der Waals surface area contributed by atoms with Gasteiger partial charge in [-0.1, -0.05) is 35.0 Å². The van der Waals surface area contributed by atoms with Crippen LogP contribution in [0.3, 0.4) is 0 Å². The number of benzene rings is 1. The SMILES string of the molecule is CCC(Br)C(=O)N(CC)Cc1cccc(F)c1. The molecule has 1 amide bonds. The van der Waals surface area contributed by atoms with E-state index in [9.17, 15) is 9.18 Å². The van der Waals surface area contributed by atoms with Gasteiger partial charge in [0.05, 0.1) is 4.83 Å². The molecule has 0 radical (unpaired) electrons. The topological polar surface area (TPSA) is 20.3 Å². The molecule has 0 aliphatic carbocycles. The second-order valence-corrected chi connectivity index (χ2v) is 4.96. The molecule has 0 saturated carbocycles. The van der Waals surface area contributed by atoms with E-state index in [2.05, 4.69) is 15.9 Å². The Morgan fingerprint density at radius 1 is 1.47 bits per heavy atom. The van der Waals surface area contributed by atoms with Gasteiger partial charge in [0.15, 0.2) is 0 Å². The lowest BCUT2D eigenvalue weighted by molar-refractivity contribution is -0.130. The van der Waals surface area contributed by atoms with Gasteiger partial charge in [-0.15, -0.1) is 0 Å². The van der Waals surface area contributed by atoms with Crippen molar-refractivity contribution < 1.29 is 9.18 Å². The molecule has 0 heterocycles. The average Bonchev–Trinajstić information content (AvgIpc) is 2.34. The van der Waals surface area contributed by atoms with Gasteiger partial charge in [0, 0.05) is 13.1 Å². The third-order valence-electron chi connectivity index (χ3n) is 2.58. The molecule has 1 atom stereocenters. The monoisotopic (exact) mass is 301 g/mol. The van der Waals surface area contributed by atoms with Gasteiger partial charge in [-0.05, 0) is 31.0 Å². The van der Waals surface area contributed by atoms with Crippen LogP contribution >= 0.6 is 15.9 Å². The van der Waals surface area contributed by atoms with Gasteiger partial charge in [-0.2, -0.15) is 0 Å². The molecule has 0 spiro atoms. The maximum atomic E-state index is 13.0. The van der Waals surface area contributed by atoms with E-state index in [1.165, 1.54) is 12.1 Å². The normalized spacial score (nSPS) is 12.2. The van der Waals surface area contributed by atoms with Crippen molar-refractivity contribution in [2.75, 3.05) is 6.54 Å². The first-order valence-electron chi connectivity index (χ1n) is 5.75. The fourth-order valence-electron chi connectivity index (χ4n) is 1.57. The van der Waals surface area contributed by atoms with Crippen molar-refractivity contribution in [3.8, 4) is 0 Å². The Balaban J connectivity index is 2.73. The van der Waals surface area contributed by atoms with E-state index in [-0.39, 0.29) is 16.6 Å². The van der Waals surface area contributed by atoms with E-state index < -0.39 is 0 Å². The number of hydrogen-bond acceptors (Lipinski definition) is 1. The number of nitrogens with zero attached hydrogens (tertiary/aromatic N) is 1. The number of halogens is 2. The first-order chi connectivity index (χ1) is 8.08. The molecule has 1 aromatic rings. The van der Waals surface area contributed by atoms with E-state index in [0.717, 1.165) is 12.0 Å². The lowest BCUT2D eigenvalue weighted by Gasteiger charge is -2.23. The molecule has 0 aromatic heterocycles. The van der Waals surface area contributed by atoms with Crippen LogP contribution in [0.4, 0.5) is 4.39 Å². The summed E-state index contributed by atoms with van der Waals surface area (Å²) in [7, 11) is 0. The van der Waals surface area contributed by atoms with E-state index >= 15 is 0 Å². The molecule has 17 heavy (non-hydrogen) atoms. The summed E-state index contributed by atoms with van der Waals surface area (Å²) >= 11 is 3.35. The van der Waals surface area contributed by atoms with Crippen molar-refractivity contribution in [3.05, 3.63) is 35.6 Å². The smallest absolute Gasteiger partial charge is 0.236 e. The Hall–Kier alpha value is -0.900. The van der Waals surface area contributed by atoms with Crippen molar-refractivity contribution in [1.29, 1.82) is 0 Å². The van der Waals surface area contributed by atoms with Crippen LogP contribution in [0.1, 0.15) is 25.8 Å². The Bertz CT molecular complexity index is 383. The molecule has 0 fully saturated rings. The second kappa shape index (κ2) is 6.74. The summed E-state index contributed by atoms with van der Waals surface area (Å²) in [4.78, 5) is 13.5. The predicted molar refractivity (Wildman–Crippen MR) is 70.5 cm³/mol. The van der Waals surface area contributed by atoms with Crippen LogP contribution in [0.25, 0.3) is 0 Å². The molecule has 0 aliphatic rings. The van der Waals surface area contributed by atoms with Crippen LogP contribution in [0.15, 0.2) is 24.3 Å². The number of alkyl halides is 1. The Morgan fingerprint density at radius 2 is 2.18 bits per heavy atom. The van der Waals surface area contributed by atoms with Gasteiger partial charge in [-0.3, -0.25) is 4.79 Å². The maximum absolute atomic E-state index is 13.0. The third kappa shape index (κ3) is 4.11. The Kier molecular flexibility index (Phi) is 5.62. The lowest BCUT2D eigenvalue weighted by atomic mass is 10.2. The average molecular weight is 302 g/mol. The van der Waals surface area contributed by atoms with Crippen LogP contribution in [-0.4, -0.2) is 22.2 Å². The lowest BCUT2D eigenvalue weighted by Crippen LogP contribution is -2.35.